The van der Waals surface area contributed by atoms with Crippen LogP contribution in [0.1, 0.15) is 51.6 Å². The molecule has 1 aromatic heterocycles. The molecule has 0 fully saturated rings. The number of amides is 2. The van der Waals surface area contributed by atoms with Crippen LogP contribution in [-0.4, -0.2) is 37.6 Å². The predicted molar refractivity (Wildman–Crippen MR) is 104 cm³/mol. The van der Waals surface area contributed by atoms with E-state index in [1.807, 2.05) is 0 Å². The highest BCUT2D eigenvalue weighted by atomic mass is 32.2. The molecule has 0 aliphatic rings. The molecule has 152 valence electrons. The summed E-state index contributed by atoms with van der Waals surface area (Å²) in [6.45, 7) is 9.20. The quantitative estimate of drug-likeness (QED) is 0.714. The van der Waals surface area contributed by atoms with Crippen molar-refractivity contribution in [1.29, 1.82) is 0 Å². The molecular formula is C19H25N3O5S. The van der Waals surface area contributed by atoms with Gasteiger partial charge in [0.15, 0.2) is 0 Å². The number of hydrogen-bond acceptors (Lipinski definition) is 5. The molecule has 2 amide bonds. The number of carbonyl (C=O) groups excluding carboxylic acids is 2. The van der Waals surface area contributed by atoms with Gasteiger partial charge in [-0.3, -0.25) is 20.4 Å². The molecule has 0 saturated carbocycles. The molecule has 0 unspecified atom stereocenters. The molecule has 2 N–H and O–H groups in total. The molecule has 2 rings (SSSR count). The van der Waals surface area contributed by atoms with Crippen molar-refractivity contribution >= 4 is 21.8 Å². The molecule has 9 heteroatoms. The molecule has 1 aromatic carbocycles. The van der Waals surface area contributed by atoms with Gasteiger partial charge in [0.05, 0.1) is 10.5 Å². The van der Waals surface area contributed by atoms with Gasteiger partial charge in [-0.25, -0.2) is 8.42 Å². The van der Waals surface area contributed by atoms with E-state index >= 15 is 0 Å². The zero-order valence-corrected chi connectivity index (χ0v) is 17.4. The molecule has 0 saturated heterocycles. The Morgan fingerprint density at radius 3 is 2.04 bits per heavy atom. The number of aryl methyl sites for hydroxylation is 3. The summed E-state index contributed by atoms with van der Waals surface area (Å²) >= 11 is 0. The van der Waals surface area contributed by atoms with Crippen molar-refractivity contribution in [2.24, 2.45) is 0 Å². The van der Waals surface area contributed by atoms with Crippen molar-refractivity contribution in [3.63, 3.8) is 0 Å². The van der Waals surface area contributed by atoms with E-state index in [-0.39, 0.29) is 10.5 Å². The standard InChI is InChI=1S/C19H25N3O5S/c1-6-22(7-2)28(25,26)15-9-8-12(3)16(11-15)18(23)20-21-19(24)17-10-13(4)27-14(17)5/h8-11H,6-7H2,1-5H3,(H,20,23)(H,21,24). The molecule has 0 aliphatic carbocycles. The largest absolute Gasteiger partial charge is 0.466 e. The van der Waals surface area contributed by atoms with Crippen LogP contribution in [0.4, 0.5) is 0 Å². The lowest BCUT2D eigenvalue weighted by Crippen LogP contribution is -2.42. The number of carbonyl (C=O) groups is 2. The average molecular weight is 407 g/mol. The van der Waals surface area contributed by atoms with Crippen LogP contribution in [-0.2, 0) is 10.0 Å². The van der Waals surface area contributed by atoms with Gasteiger partial charge >= 0.3 is 0 Å². The summed E-state index contributed by atoms with van der Waals surface area (Å²) in [4.78, 5) is 24.8. The fourth-order valence-corrected chi connectivity index (χ4v) is 4.31. The summed E-state index contributed by atoms with van der Waals surface area (Å²) in [5, 5.41) is 0. The lowest BCUT2D eigenvalue weighted by atomic mass is 10.1. The van der Waals surface area contributed by atoms with E-state index in [9.17, 15) is 18.0 Å². The van der Waals surface area contributed by atoms with Gasteiger partial charge in [0, 0.05) is 18.7 Å². The highest BCUT2D eigenvalue weighted by Crippen LogP contribution is 2.19. The van der Waals surface area contributed by atoms with Crippen molar-refractivity contribution in [3.8, 4) is 0 Å². The Morgan fingerprint density at radius 1 is 0.964 bits per heavy atom. The zero-order valence-electron chi connectivity index (χ0n) is 16.6. The number of hydrogen-bond donors (Lipinski definition) is 2. The SMILES string of the molecule is CCN(CC)S(=O)(=O)c1ccc(C)c(C(=O)NNC(=O)c2cc(C)oc2C)c1. The number of benzene rings is 1. The molecule has 8 nitrogen and oxygen atoms in total. The number of nitrogens with zero attached hydrogens (tertiary/aromatic N) is 1. The summed E-state index contributed by atoms with van der Waals surface area (Å²) in [5.74, 6) is -0.112. The van der Waals surface area contributed by atoms with Crippen molar-refractivity contribution in [3.05, 3.63) is 52.5 Å². The second-order valence-corrected chi connectivity index (χ2v) is 8.24. The highest BCUT2D eigenvalue weighted by molar-refractivity contribution is 7.89. The van der Waals surface area contributed by atoms with Gasteiger partial charge in [0.25, 0.3) is 11.8 Å². The predicted octanol–water partition coefficient (Wildman–Crippen LogP) is 2.31. The van der Waals surface area contributed by atoms with Crippen LogP contribution in [0.15, 0.2) is 33.6 Å². The van der Waals surface area contributed by atoms with Crippen LogP contribution in [0.5, 0.6) is 0 Å². The molecule has 0 radical (unpaired) electrons. The first-order valence-electron chi connectivity index (χ1n) is 8.90. The van der Waals surface area contributed by atoms with E-state index in [1.54, 1.807) is 46.8 Å². The maximum absolute atomic E-state index is 12.7. The second-order valence-electron chi connectivity index (χ2n) is 6.30. The van der Waals surface area contributed by atoms with Gasteiger partial charge < -0.3 is 4.42 Å². The van der Waals surface area contributed by atoms with Crippen LogP contribution < -0.4 is 10.9 Å². The lowest BCUT2D eigenvalue weighted by molar-refractivity contribution is 0.0845. The van der Waals surface area contributed by atoms with Gasteiger partial charge in [-0.05, 0) is 44.5 Å². The first-order chi connectivity index (χ1) is 13.1. The fourth-order valence-electron chi connectivity index (χ4n) is 2.82. The molecular weight excluding hydrogens is 382 g/mol. The van der Waals surface area contributed by atoms with E-state index in [1.165, 1.54) is 16.4 Å². The van der Waals surface area contributed by atoms with Crippen molar-refractivity contribution in [1.82, 2.24) is 15.2 Å². The Balaban J connectivity index is 2.21. The maximum atomic E-state index is 12.7. The minimum absolute atomic E-state index is 0.0274. The molecule has 0 bridgehead atoms. The second kappa shape index (κ2) is 8.57. The average Bonchev–Trinajstić information content (AvgIpc) is 2.98. The summed E-state index contributed by atoms with van der Waals surface area (Å²) in [6.07, 6.45) is 0. The Kier molecular flexibility index (Phi) is 6.63. The number of hydrazine groups is 1. The van der Waals surface area contributed by atoms with Gasteiger partial charge in [-0.2, -0.15) is 4.31 Å². The Hall–Kier alpha value is -2.65. The fraction of sp³-hybridized carbons (Fsp3) is 0.368. The molecule has 1 heterocycles. The molecule has 28 heavy (non-hydrogen) atoms. The van der Waals surface area contributed by atoms with E-state index < -0.39 is 21.8 Å². The zero-order chi connectivity index (χ0) is 21.1. The Labute approximate surface area is 164 Å². The molecule has 0 aliphatic heterocycles. The minimum Gasteiger partial charge on any atom is -0.466 e. The number of sulfonamides is 1. The van der Waals surface area contributed by atoms with Crippen LogP contribution in [0.3, 0.4) is 0 Å². The van der Waals surface area contributed by atoms with Crippen molar-refractivity contribution in [2.45, 2.75) is 39.5 Å². The lowest BCUT2D eigenvalue weighted by Gasteiger charge is -2.19. The van der Waals surface area contributed by atoms with Gasteiger partial charge in [-0.1, -0.05) is 19.9 Å². The highest BCUT2D eigenvalue weighted by Gasteiger charge is 2.23. The van der Waals surface area contributed by atoms with Crippen LogP contribution in [0.2, 0.25) is 0 Å². The molecule has 0 spiro atoms. The van der Waals surface area contributed by atoms with Crippen molar-refractivity contribution < 1.29 is 22.4 Å². The smallest absolute Gasteiger partial charge is 0.273 e. The van der Waals surface area contributed by atoms with Crippen LogP contribution in [0.25, 0.3) is 0 Å². The third-order valence-corrected chi connectivity index (χ3v) is 6.42. The summed E-state index contributed by atoms with van der Waals surface area (Å²) in [6, 6.07) is 5.92. The van der Waals surface area contributed by atoms with E-state index in [2.05, 4.69) is 10.9 Å². The number of rotatable bonds is 6. The topological polar surface area (TPSA) is 109 Å². The first-order valence-corrected chi connectivity index (χ1v) is 10.3. The van der Waals surface area contributed by atoms with E-state index in [0.717, 1.165) is 0 Å². The molecule has 2 aromatic rings. The normalized spacial score (nSPS) is 11.5. The van der Waals surface area contributed by atoms with Gasteiger partial charge in [0.1, 0.15) is 11.5 Å². The Bertz CT molecular complexity index is 991. The van der Waals surface area contributed by atoms with Crippen LogP contribution >= 0.6 is 0 Å². The maximum Gasteiger partial charge on any atom is 0.273 e. The first kappa shape index (κ1) is 21.6. The van der Waals surface area contributed by atoms with E-state index in [4.69, 9.17) is 4.42 Å². The third kappa shape index (κ3) is 4.42. The minimum atomic E-state index is -3.70. The summed E-state index contributed by atoms with van der Waals surface area (Å²) in [7, 11) is -3.70. The van der Waals surface area contributed by atoms with E-state index in [0.29, 0.717) is 35.7 Å². The van der Waals surface area contributed by atoms with Gasteiger partial charge in [-0.15, -0.1) is 0 Å². The number of nitrogens with one attached hydrogen (secondary N) is 2. The number of furan rings is 1. The van der Waals surface area contributed by atoms with Crippen LogP contribution in [0, 0.1) is 20.8 Å². The summed E-state index contributed by atoms with van der Waals surface area (Å²) in [5.41, 5.74) is 5.70. The summed E-state index contributed by atoms with van der Waals surface area (Å²) < 4.78 is 32.0. The van der Waals surface area contributed by atoms with Crippen molar-refractivity contribution in [2.75, 3.05) is 13.1 Å². The third-order valence-electron chi connectivity index (χ3n) is 4.37. The monoisotopic (exact) mass is 407 g/mol. The van der Waals surface area contributed by atoms with Gasteiger partial charge in [0.2, 0.25) is 10.0 Å². The molecule has 0 atom stereocenters. The Morgan fingerprint density at radius 2 is 1.54 bits per heavy atom.